The van der Waals surface area contributed by atoms with E-state index in [1.807, 2.05) is 36.4 Å². The second-order valence-corrected chi connectivity index (χ2v) is 16.0. The summed E-state index contributed by atoms with van der Waals surface area (Å²) >= 11 is 0. The molecule has 0 atom stereocenters. The van der Waals surface area contributed by atoms with E-state index in [9.17, 15) is 0 Å². The summed E-state index contributed by atoms with van der Waals surface area (Å²) in [5.41, 5.74) is 9.74. The van der Waals surface area contributed by atoms with Gasteiger partial charge in [-0.3, -0.25) is 4.57 Å². The predicted octanol–water partition coefficient (Wildman–Crippen LogP) is 14.5. The van der Waals surface area contributed by atoms with Crippen molar-refractivity contribution in [2.45, 2.75) is 0 Å². The number of para-hydroxylation sites is 2. The molecule has 0 unspecified atom stereocenters. The van der Waals surface area contributed by atoms with Crippen LogP contribution in [-0.4, -0.2) is 24.1 Å². The van der Waals surface area contributed by atoms with Crippen molar-refractivity contribution in [3.05, 3.63) is 212 Å². The summed E-state index contributed by atoms with van der Waals surface area (Å²) in [4.78, 5) is 15.4. The van der Waals surface area contributed by atoms with E-state index in [2.05, 4.69) is 185 Å². The van der Waals surface area contributed by atoms with Crippen LogP contribution in [-0.2, 0) is 0 Å². The van der Waals surface area contributed by atoms with Gasteiger partial charge in [0, 0.05) is 38.4 Å². The summed E-state index contributed by atoms with van der Waals surface area (Å²) in [5, 5.41) is 12.4. The highest BCUT2D eigenvalue weighted by Crippen LogP contribution is 2.43. The monoisotopic (exact) mass is 789 g/mol. The minimum atomic E-state index is 0.581. The Morgan fingerprint density at radius 3 is 1.23 bits per heavy atom. The van der Waals surface area contributed by atoms with Crippen molar-refractivity contribution >= 4 is 75.9 Å². The molecule has 0 amide bonds. The van der Waals surface area contributed by atoms with Gasteiger partial charge >= 0.3 is 0 Å². The van der Waals surface area contributed by atoms with Crippen LogP contribution < -0.4 is 0 Å². The lowest BCUT2D eigenvalue weighted by atomic mass is 9.92. The van der Waals surface area contributed by atoms with Gasteiger partial charge < -0.3 is 4.57 Å². The number of nitrogens with zero attached hydrogens (tertiary/aromatic N) is 5. The molecule has 288 valence electrons. The number of hydrogen-bond acceptors (Lipinski definition) is 3. The summed E-state index contributed by atoms with van der Waals surface area (Å²) in [5.74, 6) is 1.84. The van der Waals surface area contributed by atoms with Crippen LogP contribution in [0.2, 0.25) is 0 Å². The van der Waals surface area contributed by atoms with Gasteiger partial charge in [0.05, 0.1) is 22.1 Å². The third kappa shape index (κ3) is 5.18. The SMILES string of the molecule is c1ccc(-c2nc(-c3ccccc3)nc(-n3c4ccccc4c4c5c6ccccc6n(-c6ccc(-c7ccc8c9ccccc9c9ccccc9c8c7)cc6)c5ccc43)n2)cc1. The van der Waals surface area contributed by atoms with Crippen LogP contribution in [0.5, 0.6) is 0 Å². The quantitative estimate of drug-likeness (QED) is 0.163. The Bertz CT molecular complexity index is 3810. The molecule has 0 fully saturated rings. The number of hydrogen-bond donors (Lipinski definition) is 0. The highest BCUT2D eigenvalue weighted by Gasteiger charge is 2.23. The Labute approximate surface area is 356 Å². The van der Waals surface area contributed by atoms with Gasteiger partial charge in [0.2, 0.25) is 5.95 Å². The second-order valence-electron chi connectivity index (χ2n) is 16.0. The van der Waals surface area contributed by atoms with Crippen LogP contribution in [0.25, 0.3) is 121 Å². The van der Waals surface area contributed by atoms with Crippen molar-refractivity contribution in [3.63, 3.8) is 0 Å². The number of rotatable bonds is 5. The highest BCUT2D eigenvalue weighted by atomic mass is 15.2. The van der Waals surface area contributed by atoms with Gasteiger partial charge in [0.1, 0.15) is 0 Å². The zero-order valence-corrected chi connectivity index (χ0v) is 33.4. The largest absolute Gasteiger partial charge is 0.309 e. The van der Waals surface area contributed by atoms with Crippen LogP contribution >= 0.6 is 0 Å². The lowest BCUT2D eigenvalue weighted by Gasteiger charge is -2.13. The molecule has 0 radical (unpaired) electrons. The van der Waals surface area contributed by atoms with E-state index in [4.69, 9.17) is 15.0 Å². The van der Waals surface area contributed by atoms with Crippen molar-refractivity contribution in [1.82, 2.24) is 24.1 Å². The fraction of sp³-hybridized carbons (Fsp3) is 0. The minimum absolute atomic E-state index is 0.581. The first kappa shape index (κ1) is 34.5. The molecule has 5 nitrogen and oxygen atoms in total. The van der Waals surface area contributed by atoms with Gasteiger partial charge in [-0.1, -0.05) is 170 Å². The first-order valence-corrected chi connectivity index (χ1v) is 21.0. The highest BCUT2D eigenvalue weighted by molar-refractivity contribution is 6.29. The van der Waals surface area contributed by atoms with Gasteiger partial charge in [-0.05, 0) is 85.9 Å². The maximum atomic E-state index is 5.18. The maximum Gasteiger partial charge on any atom is 0.238 e. The summed E-state index contributed by atoms with van der Waals surface area (Å²) in [6.07, 6.45) is 0. The normalized spacial score (nSPS) is 11.9. The van der Waals surface area contributed by atoms with Crippen LogP contribution in [0.3, 0.4) is 0 Å². The van der Waals surface area contributed by atoms with Crippen molar-refractivity contribution < 1.29 is 0 Å². The van der Waals surface area contributed by atoms with Crippen molar-refractivity contribution in [2.24, 2.45) is 0 Å². The first-order valence-electron chi connectivity index (χ1n) is 21.0. The zero-order valence-electron chi connectivity index (χ0n) is 33.4. The third-order valence-electron chi connectivity index (χ3n) is 12.6. The number of benzene rings is 10. The predicted molar refractivity (Wildman–Crippen MR) is 257 cm³/mol. The smallest absolute Gasteiger partial charge is 0.238 e. The molecule has 62 heavy (non-hydrogen) atoms. The van der Waals surface area contributed by atoms with Crippen LogP contribution in [0.4, 0.5) is 0 Å². The Hall–Kier alpha value is -8.41. The zero-order chi connectivity index (χ0) is 40.7. The van der Waals surface area contributed by atoms with E-state index in [0.29, 0.717) is 17.6 Å². The molecular formula is C57H35N5. The molecule has 10 aromatic carbocycles. The molecule has 0 saturated heterocycles. The second kappa shape index (κ2) is 13.6. The minimum Gasteiger partial charge on any atom is -0.309 e. The Balaban J connectivity index is 0.998. The van der Waals surface area contributed by atoms with Gasteiger partial charge in [0.15, 0.2) is 11.6 Å². The van der Waals surface area contributed by atoms with Gasteiger partial charge in [-0.25, -0.2) is 4.98 Å². The number of fused-ring (bicyclic) bond motifs is 13. The molecule has 3 heterocycles. The topological polar surface area (TPSA) is 48.5 Å². The van der Waals surface area contributed by atoms with Crippen molar-refractivity contribution in [1.29, 1.82) is 0 Å². The first-order chi connectivity index (χ1) is 30.8. The lowest BCUT2D eigenvalue weighted by molar-refractivity contribution is 0.953. The molecule has 0 bridgehead atoms. The van der Waals surface area contributed by atoms with Crippen LogP contribution in [0, 0.1) is 0 Å². The van der Waals surface area contributed by atoms with Gasteiger partial charge in [-0.2, -0.15) is 9.97 Å². The van der Waals surface area contributed by atoms with E-state index < -0.39 is 0 Å². The number of aromatic nitrogens is 5. The van der Waals surface area contributed by atoms with E-state index in [1.165, 1.54) is 59.6 Å². The van der Waals surface area contributed by atoms with Crippen molar-refractivity contribution in [2.75, 3.05) is 0 Å². The molecule has 5 heteroatoms. The molecule has 0 aliphatic rings. The molecule has 0 spiro atoms. The van der Waals surface area contributed by atoms with E-state index in [-0.39, 0.29) is 0 Å². The molecule has 13 aromatic rings. The third-order valence-corrected chi connectivity index (χ3v) is 12.6. The van der Waals surface area contributed by atoms with Crippen LogP contribution in [0.1, 0.15) is 0 Å². The van der Waals surface area contributed by atoms with E-state index in [0.717, 1.165) is 44.3 Å². The van der Waals surface area contributed by atoms with E-state index in [1.54, 1.807) is 0 Å². The standard InChI is InChI=1S/C57H35N5/c1-3-15-37(16-4-1)55-58-56(38-17-5-2-6-18-38)60-57(59-55)62-50-26-14-12-24-47(50)54-52(62)34-33-51-53(54)46-23-11-13-25-49(46)61(51)40-30-27-36(28-31-40)39-29-32-45-43-21-8-7-19-41(43)42-20-9-10-22-44(42)48(45)35-39/h1-35H. The maximum absolute atomic E-state index is 5.18. The fourth-order valence-electron chi connectivity index (χ4n) is 9.80. The summed E-state index contributed by atoms with van der Waals surface area (Å²) < 4.78 is 4.62. The van der Waals surface area contributed by atoms with Gasteiger partial charge in [0.25, 0.3) is 0 Å². The summed E-state index contributed by atoms with van der Waals surface area (Å²) in [7, 11) is 0. The summed E-state index contributed by atoms with van der Waals surface area (Å²) in [6, 6.07) is 75.7. The average molecular weight is 790 g/mol. The fourth-order valence-corrected chi connectivity index (χ4v) is 9.80. The molecule has 0 aliphatic carbocycles. The Kier molecular flexibility index (Phi) is 7.54. The average Bonchev–Trinajstić information content (AvgIpc) is 3.87. The Morgan fingerprint density at radius 1 is 0.258 bits per heavy atom. The van der Waals surface area contributed by atoms with E-state index >= 15 is 0 Å². The van der Waals surface area contributed by atoms with Crippen LogP contribution in [0.15, 0.2) is 212 Å². The lowest BCUT2D eigenvalue weighted by Crippen LogP contribution is -2.06. The molecule has 13 rings (SSSR count). The summed E-state index contributed by atoms with van der Waals surface area (Å²) in [6.45, 7) is 0. The molecule has 0 saturated carbocycles. The van der Waals surface area contributed by atoms with Gasteiger partial charge in [-0.15, -0.1) is 0 Å². The molecule has 3 aromatic heterocycles. The molecular weight excluding hydrogens is 755 g/mol. The van der Waals surface area contributed by atoms with Crippen molar-refractivity contribution in [3.8, 4) is 45.5 Å². The molecule has 0 aliphatic heterocycles. The Morgan fingerprint density at radius 2 is 0.677 bits per heavy atom. The molecule has 0 N–H and O–H groups in total.